The lowest BCUT2D eigenvalue weighted by Gasteiger charge is -2.38. The molecule has 0 aliphatic carbocycles. The lowest BCUT2D eigenvalue weighted by atomic mass is 10.1. The summed E-state index contributed by atoms with van der Waals surface area (Å²) in [5.74, 6) is 1.01. The average molecular weight is 351 g/mol. The smallest absolute Gasteiger partial charge is 0.147 e. The van der Waals surface area contributed by atoms with E-state index in [-0.39, 0.29) is 0 Å². The Morgan fingerprint density at radius 2 is 1.73 bits per heavy atom. The molecule has 1 aromatic carbocycles. The van der Waals surface area contributed by atoms with Gasteiger partial charge in [0.2, 0.25) is 0 Å². The van der Waals surface area contributed by atoms with E-state index < -0.39 is 0 Å². The first kappa shape index (κ1) is 17.4. The van der Waals surface area contributed by atoms with Gasteiger partial charge in [-0.2, -0.15) is 0 Å². The van der Waals surface area contributed by atoms with Gasteiger partial charge in [-0.25, -0.2) is 4.98 Å². The molecule has 2 saturated heterocycles. The summed E-state index contributed by atoms with van der Waals surface area (Å²) in [5, 5.41) is 0. The van der Waals surface area contributed by atoms with E-state index in [4.69, 9.17) is 0 Å². The van der Waals surface area contributed by atoms with Crippen LogP contribution in [0.25, 0.3) is 11.3 Å². The van der Waals surface area contributed by atoms with E-state index in [2.05, 4.69) is 62.9 Å². The fourth-order valence-corrected chi connectivity index (χ4v) is 4.01. The van der Waals surface area contributed by atoms with Gasteiger partial charge in [0, 0.05) is 50.9 Å². The van der Waals surface area contributed by atoms with Crippen LogP contribution in [0.2, 0.25) is 0 Å². The minimum atomic E-state index is 0.609. The van der Waals surface area contributed by atoms with Crippen molar-refractivity contribution < 1.29 is 0 Å². The number of benzene rings is 1. The van der Waals surface area contributed by atoms with Gasteiger partial charge in [0.15, 0.2) is 0 Å². The lowest BCUT2D eigenvalue weighted by molar-refractivity contribution is 0.0938. The first-order valence-electron chi connectivity index (χ1n) is 9.78. The molecule has 2 aromatic rings. The number of anilines is 1. The molecule has 0 bridgehead atoms. The normalized spacial score (nSPS) is 22.1. The first-order valence-corrected chi connectivity index (χ1v) is 9.78. The summed E-state index contributed by atoms with van der Waals surface area (Å²) in [6.07, 6.45) is 6.35. The standard InChI is InChI=1S/C21H29N5/c1-17-15-24(2)11-12-26(17)16-18-5-7-19(8-6-18)20-13-23-21(14-22-20)25-9-3-4-10-25/h5-8,13-14,17H,3-4,9-12,15-16H2,1-2H3/t17-/m0/s1. The van der Waals surface area contributed by atoms with Crippen LogP contribution >= 0.6 is 0 Å². The molecule has 2 aliphatic rings. The molecule has 5 nitrogen and oxygen atoms in total. The van der Waals surface area contributed by atoms with Crippen molar-refractivity contribution in [3.05, 3.63) is 42.2 Å². The Kier molecular flexibility index (Phi) is 5.18. The van der Waals surface area contributed by atoms with Crippen LogP contribution in [-0.2, 0) is 6.54 Å². The van der Waals surface area contributed by atoms with Gasteiger partial charge in [-0.3, -0.25) is 9.88 Å². The monoisotopic (exact) mass is 351 g/mol. The second-order valence-electron chi connectivity index (χ2n) is 7.73. The SMILES string of the molecule is C[C@H]1CN(C)CCN1Cc1ccc(-c2cnc(N3CCCC3)cn2)cc1. The van der Waals surface area contributed by atoms with Crippen LogP contribution in [0.1, 0.15) is 25.3 Å². The van der Waals surface area contributed by atoms with E-state index in [9.17, 15) is 0 Å². The van der Waals surface area contributed by atoms with Crippen LogP contribution in [0.5, 0.6) is 0 Å². The maximum absolute atomic E-state index is 4.64. The zero-order valence-corrected chi connectivity index (χ0v) is 15.9. The molecule has 1 atom stereocenters. The molecule has 0 radical (unpaired) electrons. The van der Waals surface area contributed by atoms with Crippen molar-refractivity contribution in [3.63, 3.8) is 0 Å². The quantitative estimate of drug-likeness (QED) is 0.846. The van der Waals surface area contributed by atoms with Crippen molar-refractivity contribution in [2.45, 2.75) is 32.4 Å². The summed E-state index contributed by atoms with van der Waals surface area (Å²) in [7, 11) is 2.21. The Morgan fingerprint density at radius 1 is 0.962 bits per heavy atom. The number of piperazine rings is 1. The molecule has 5 heteroatoms. The average Bonchev–Trinajstić information content (AvgIpc) is 3.20. The zero-order valence-electron chi connectivity index (χ0n) is 15.9. The Balaban J connectivity index is 1.41. The number of hydrogen-bond acceptors (Lipinski definition) is 5. The van der Waals surface area contributed by atoms with Crippen LogP contribution < -0.4 is 4.90 Å². The van der Waals surface area contributed by atoms with Gasteiger partial charge in [-0.1, -0.05) is 24.3 Å². The van der Waals surface area contributed by atoms with E-state index in [0.717, 1.165) is 56.3 Å². The van der Waals surface area contributed by atoms with Crippen molar-refractivity contribution in [3.8, 4) is 11.3 Å². The lowest BCUT2D eigenvalue weighted by Crippen LogP contribution is -2.49. The molecular weight excluding hydrogens is 322 g/mol. The minimum Gasteiger partial charge on any atom is -0.355 e. The Morgan fingerprint density at radius 3 is 2.38 bits per heavy atom. The summed E-state index contributed by atoms with van der Waals surface area (Å²) in [4.78, 5) is 16.6. The molecule has 2 fully saturated rings. The van der Waals surface area contributed by atoms with E-state index in [1.807, 2.05) is 12.4 Å². The van der Waals surface area contributed by atoms with Gasteiger partial charge in [0.1, 0.15) is 5.82 Å². The molecule has 138 valence electrons. The summed E-state index contributed by atoms with van der Waals surface area (Å²) >= 11 is 0. The van der Waals surface area contributed by atoms with Crippen LogP contribution in [0.4, 0.5) is 5.82 Å². The van der Waals surface area contributed by atoms with E-state index in [0.29, 0.717) is 6.04 Å². The van der Waals surface area contributed by atoms with Gasteiger partial charge in [0.25, 0.3) is 0 Å². The van der Waals surface area contributed by atoms with E-state index in [1.54, 1.807) is 0 Å². The second kappa shape index (κ2) is 7.72. The highest BCUT2D eigenvalue weighted by Crippen LogP contribution is 2.22. The number of aromatic nitrogens is 2. The molecule has 0 unspecified atom stereocenters. The molecular formula is C21H29N5. The molecule has 2 aliphatic heterocycles. The topological polar surface area (TPSA) is 35.5 Å². The fourth-order valence-electron chi connectivity index (χ4n) is 4.01. The predicted molar refractivity (Wildman–Crippen MR) is 106 cm³/mol. The third-order valence-electron chi connectivity index (χ3n) is 5.67. The third-order valence-corrected chi connectivity index (χ3v) is 5.67. The summed E-state index contributed by atoms with van der Waals surface area (Å²) in [5.41, 5.74) is 3.46. The number of nitrogens with zero attached hydrogens (tertiary/aromatic N) is 5. The van der Waals surface area contributed by atoms with Gasteiger partial charge in [-0.05, 0) is 32.4 Å². The summed E-state index contributed by atoms with van der Waals surface area (Å²) in [6.45, 7) is 9.00. The highest BCUT2D eigenvalue weighted by Gasteiger charge is 2.21. The van der Waals surface area contributed by atoms with Gasteiger partial charge in [-0.15, -0.1) is 0 Å². The van der Waals surface area contributed by atoms with Crippen molar-refractivity contribution in [1.29, 1.82) is 0 Å². The molecule has 4 rings (SSSR count). The Labute approximate surface area is 156 Å². The zero-order chi connectivity index (χ0) is 17.9. The van der Waals surface area contributed by atoms with Gasteiger partial charge >= 0.3 is 0 Å². The van der Waals surface area contributed by atoms with Gasteiger partial charge in [0.05, 0.1) is 18.1 Å². The van der Waals surface area contributed by atoms with Crippen molar-refractivity contribution in [2.24, 2.45) is 0 Å². The Hall–Kier alpha value is -1.98. The highest BCUT2D eigenvalue weighted by atomic mass is 15.3. The molecule has 0 N–H and O–H groups in total. The van der Waals surface area contributed by atoms with Crippen LogP contribution in [-0.4, -0.2) is 65.6 Å². The minimum absolute atomic E-state index is 0.609. The summed E-state index contributed by atoms with van der Waals surface area (Å²) < 4.78 is 0. The van der Waals surface area contributed by atoms with Crippen molar-refractivity contribution >= 4 is 5.82 Å². The Bertz CT molecular complexity index is 706. The molecule has 0 spiro atoms. The first-order chi connectivity index (χ1) is 12.7. The second-order valence-corrected chi connectivity index (χ2v) is 7.73. The number of likely N-dealkylation sites (N-methyl/N-ethyl adjacent to an activating group) is 1. The van der Waals surface area contributed by atoms with Crippen molar-refractivity contribution in [2.75, 3.05) is 44.7 Å². The maximum Gasteiger partial charge on any atom is 0.147 e. The molecule has 0 saturated carbocycles. The molecule has 3 heterocycles. The maximum atomic E-state index is 4.64. The summed E-state index contributed by atoms with van der Waals surface area (Å²) in [6, 6.07) is 9.43. The largest absolute Gasteiger partial charge is 0.355 e. The molecule has 1 aromatic heterocycles. The van der Waals surface area contributed by atoms with Crippen molar-refractivity contribution in [1.82, 2.24) is 19.8 Å². The van der Waals surface area contributed by atoms with Crippen LogP contribution in [0.15, 0.2) is 36.7 Å². The predicted octanol–water partition coefficient (Wildman–Crippen LogP) is 2.88. The third kappa shape index (κ3) is 3.89. The molecule has 0 amide bonds. The number of hydrogen-bond donors (Lipinski definition) is 0. The molecule has 26 heavy (non-hydrogen) atoms. The fraction of sp³-hybridized carbons (Fsp3) is 0.524. The van der Waals surface area contributed by atoms with E-state index >= 15 is 0 Å². The van der Waals surface area contributed by atoms with Crippen LogP contribution in [0, 0.1) is 0 Å². The highest BCUT2D eigenvalue weighted by molar-refractivity contribution is 5.59. The van der Waals surface area contributed by atoms with E-state index in [1.165, 1.54) is 18.4 Å². The van der Waals surface area contributed by atoms with Crippen LogP contribution in [0.3, 0.4) is 0 Å². The number of rotatable bonds is 4. The van der Waals surface area contributed by atoms with Gasteiger partial charge < -0.3 is 9.80 Å².